The van der Waals surface area contributed by atoms with Crippen LogP contribution >= 0.6 is 15.9 Å². The number of hydrogen-bond acceptors (Lipinski definition) is 10. The number of rotatable bonds is 10. The summed E-state index contributed by atoms with van der Waals surface area (Å²) in [4.78, 5) is 36.3. The molecule has 38 heavy (non-hydrogen) atoms. The number of nitro groups is 1. The largest absolute Gasteiger partial charge is 0.487 e. The van der Waals surface area contributed by atoms with Crippen LogP contribution in [0.4, 0.5) is 11.6 Å². The summed E-state index contributed by atoms with van der Waals surface area (Å²) in [6, 6.07) is 10.5. The van der Waals surface area contributed by atoms with Crippen LogP contribution in [-0.2, 0) is 9.53 Å². The minimum atomic E-state index is -0.459. The highest BCUT2D eigenvalue weighted by atomic mass is 79.9. The van der Waals surface area contributed by atoms with Crippen molar-refractivity contribution in [1.29, 1.82) is 0 Å². The van der Waals surface area contributed by atoms with E-state index in [-0.39, 0.29) is 29.5 Å². The van der Waals surface area contributed by atoms with Crippen molar-refractivity contribution >= 4 is 44.4 Å². The molecule has 11 nitrogen and oxygen atoms in total. The molecule has 1 aromatic heterocycles. The van der Waals surface area contributed by atoms with Gasteiger partial charge in [-0.25, -0.2) is 9.97 Å². The number of anilines is 1. The summed E-state index contributed by atoms with van der Waals surface area (Å²) in [7, 11) is 0. The monoisotopic (exact) mass is 586 g/mol. The van der Waals surface area contributed by atoms with E-state index in [1.165, 1.54) is 6.07 Å². The second-order valence-corrected chi connectivity index (χ2v) is 10.3. The molecule has 0 saturated carbocycles. The maximum atomic E-state index is 11.9. The Morgan fingerprint density at radius 3 is 2.58 bits per heavy atom. The Morgan fingerprint density at radius 1 is 1.16 bits per heavy atom. The van der Waals surface area contributed by atoms with Crippen molar-refractivity contribution < 1.29 is 19.2 Å². The van der Waals surface area contributed by atoms with Crippen molar-refractivity contribution in [2.24, 2.45) is 0 Å². The lowest BCUT2D eigenvalue weighted by Gasteiger charge is -2.34. The topological polar surface area (TPSA) is 137 Å². The molecule has 2 N–H and O–H groups in total. The van der Waals surface area contributed by atoms with Gasteiger partial charge in [0.1, 0.15) is 0 Å². The molecule has 4 rings (SSSR count). The van der Waals surface area contributed by atoms with Crippen LogP contribution in [0.1, 0.15) is 20.3 Å². The van der Waals surface area contributed by atoms with E-state index in [0.717, 1.165) is 42.8 Å². The SMILES string of the molecule is CC(C)OC(=O)CN1CCN(CCCOc2cc3nc(N)nc(-c4cccc(Br)c4)c3cc2[N+](=O)[O-])CC1. The second kappa shape index (κ2) is 12.5. The van der Waals surface area contributed by atoms with Gasteiger partial charge in [0.25, 0.3) is 0 Å². The number of nitrogens with zero attached hydrogens (tertiary/aromatic N) is 5. The zero-order valence-corrected chi connectivity index (χ0v) is 23.0. The van der Waals surface area contributed by atoms with Crippen LogP contribution in [-0.4, -0.2) is 82.6 Å². The number of benzene rings is 2. The number of carbonyl (C=O) groups excluding carboxylic acids is 1. The van der Waals surface area contributed by atoms with Crippen LogP contribution < -0.4 is 10.5 Å². The van der Waals surface area contributed by atoms with Crippen molar-refractivity contribution in [1.82, 2.24) is 19.8 Å². The fraction of sp³-hybridized carbons (Fsp3) is 0.423. The van der Waals surface area contributed by atoms with Gasteiger partial charge in [-0.05, 0) is 32.4 Å². The summed E-state index contributed by atoms with van der Waals surface area (Å²) in [6.07, 6.45) is 0.583. The second-order valence-electron chi connectivity index (χ2n) is 9.39. The van der Waals surface area contributed by atoms with Crippen LogP contribution in [0.25, 0.3) is 22.2 Å². The highest BCUT2D eigenvalue weighted by Gasteiger charge is 2.22. The number of fused-ring (bicyclic) bond motifs is 1. The van der Waals surface area contributed by atoms with E-state index < -0.39 is 4.92 Å². The molecule has 0 spiro atoms. The lowest BCUT2D eigenvalue weighted by atomic mass is 10.1. The molecule has 0 bridgehead atoms. The molecule has 0 amide bonds. The molecule has 2 aromatic carbocycles. The molecule has 1 aliphatic heterocycles. The molecule has 0 unspecified atom stereocenters. The maximum absolute atomic E-state index is 11.9. The van der Waals surface area contributed by atoms with Gasteiger partial charge in [-0.2, -0.15) is 0 Å². The molecule has 1 aliphatic rings. The van der Waals surface area contributed by atoms with E-state index in [1.54, 1.807) is 6.07 Å². The number of hydrogen-bond donors (Lipinski definition) is 1. The molecule has 3 aromatic rings. The predicted molar refractivity (Wildman–Crippen MR) is 148 cm³/mol. The molecular formula is C26H31BrN6O5. The average molecular weight is 587 g/mol. The standard InChI is InChI=1S/C26H31BrN6O5/c1-17(2)38-24(34)16-32-10-8-31(9-11-32)7-4-12-37-23-15-21-20(14-22(23)33(35)36)25(30-26(28)29-21)18-5-3-6-19(27)13-18/h3,5-6,13-15,17H,4,7-12,16H2,1-2H3,(H2,28,29,30). The Morgan fingerprint density at radius 2 is 1.89 bits per heavy atom. The van der Waals surface area contributed by atoms with Crippen molar-refractivity contribution in [3.63, 3.8) is 0 Å². The van der Waals surface area contributed by atoms with Crippen molar-refractivity contribution in [2.75, 3.05) is 51.6 Å². The van der Waals surface area contributed by atoms with Crippen LogP contribution in [0.15, 0.2) is 40.9 Å². The van der Waals surface area contributed by atoms with E-state index in [9.17, 15) is 14.9 Å². The zero-order valence-electron chi connectivity index (χ0n) is 21.4. The Labute approximate surface area is 229 Å². The lowest BCUT2D eigenvalue weighted by Crippen LogP contribution is -2.48. The number of esters is 1. The van der Waals surface area contributed by atoms with Crippen molar-refractivity contribution in [3.8, 4) is 17.0 Å². The fourth-order valence-corrected chi connectivity index (χ4v) is 4.80. The van der Waals surface area contributed by atoms with Gasteiger partial charge in [-0.1, -0.05) is 28.1 Å². The minimum absolute atomic E-state index is 0.0730. The van der Waals surface area contributed by atoms with Gasteiger partial charge in [0.2, 0.25) is 5.95 Å². The van der Waals surface area contributed by atoms with Gasteiger partial charge in [-0.3, -0.25) is 19.8 Å². The van der Waals surface area contributed by atoms with Gasteiger partial charge in [-0.15, -0.1) is 0 Å². The van der Waals surface area contributed by atoms with E-state index in [4.69, 9.17) is 15.2 Å². The van der Waals surface area contributed by atoms with Gasteiger partial charge in [0, 0.05) is 60.3 Å². The third kappa shape index (κ3) is 7.15. The van der Waals surface area contributed by atoms with E-state index >= 15 is 0 Å². The van der Waals surface area contributed by atoms with Crippen LogP contribution in [0.2, 0.25) is 0 Å². The molecule has 0 radical (unpaired) electrons. The normalized spacial score (nSPS) is 14.6. The number of nitrogen functional groups attached to an aromatic ring is 1. The first-order valence-electron chi connectivity index (χ1n) is 12.5. The van der Waals surface area contributed by atoms with Crippen LogP contribution in [0, 0.1) is 10.1 Å². The summed E-state index contributed by atoms with van der Waals surface area (Å²) in [5, 5.41) is 12.4. The number of nitrogens with two attached hydrogens (primary N) is 1. The smallest absolute Gasteiger partial charge is 0.320 e. The van der Waals surface area contributed by atoms with Crippen LogP contribution in [0.5, 0.6) is 5.75 Å². The number of nitro benzene ring substituents is 1. The van der Waals surface area contributed by atoms with Gasteiger partial charge in [0.15, 0.2) is 5.75 Å². The Kier molecular flexibility index (Phi) is 9.08. The summed E-state index contributed by atoms with van der Waals surface area (Å²) < 4.78 is 11.9. The Bertz CT molecular complexity index is 1310. The predicted octanol–water partition coefficient (Wildman–Crippen LogP) is 3.89. The molecule has 0 atom stereocenters. The number of piperazine rings is 1. The molecule has 2 heterocycles. The quantitative estimate of drug-likeness (QED) is 0.161. The Hall–Kier alpha value is -3.35. The first kappa shape index (κ1) is 27.7. The van der Waals surface area contributed by atoms with Crippen molar-refractivity contribution in [2.45, 2.75) is 26.4 Å². The van der Waals surface area contributed by atoms with E-state index in [0.29, 0.717) is 36.2 Å². The maximum Gasteiger partial charge on any atom is 0.320 e. The highest BCUT2D eigenvalue weighted by molar-refractivity contribution is 9.10. The summed E-state index contributed by atoms with van der Waals surface area (Å²) in [5.41, 5.74) is 7.57. The first-order valence-corrected chi connectivity index (χ1v) is 13.3. The average Bonchev–Trinajstić information content (AvgIpc) is 2.86. The third-order valence-corrected chi connectivity index (χ3v) is 6.64. The number of aromatic nitrogens is 2. The number of ether oxygens (including phenoxy) is 2. The molecule has 0 aliphatic carbocycles. The zero-order chi connectivity index (χ0) is 27.2. The third-order valence-electron chi connectivity index (χ3n) is 6.15. The minimum Gasteiger partial charge on any atom is -0.487 e. The van der Waals surface area contributed by atoms with Crippen LogP contribution in [0.3, 0.4) is 0 Å². The van der Waals surface area contributed by atoms with E-state index in [2.05, 4.69) is 35.7 Å². The fourth-order valence-electron chi connectivity index (χ4n) is 4.40. The van der Waals surface area contributed by atoms with E-state index in [1.807, 2.05) is 38.1 Å². The molecule has 1 saturated heterocycles. The van der Waals surface area contributed by atoms with Crippen molar-refractivity contribution in [3.05, 3.63) is 51.0 Å². The first-order chi connectivity index (χ1) is 18.2. The lowest BCUT2D eigenvalue weighted by molar-refractivity contribution is -0.385. The molecular weight excluding hydrogens is 556 g/mol. The summed E-state index contributed by atoms with van der Waals surface area (Å²) >= 11 is 3.45. The van der Waals surface area contributed by atoms with Gasteiger partial charge >= 0.3 is 11.7 Å². The summed E-state index contributed by atoms with van der Waals surface area (Å²) in [5.74, 6) is 0.0211. The summed E-state index contributed by atoms with van der Waals surface area (Å²) in [6.45, 7) is 8.32. The highest BCUT2D eigenvalue weighted by Crippen LogP contribution is 2.36. The molecule has 12 heteroatoms. The number of carbonyl (C=O) groups is 1. The Balaban J connectivity index is 1.38. The van der Waals surface area contributed by atoms with Gasteiger partial charge in [0.05, 0.1) is 35.4 Å². The molecule has 202 valence electrons. The molecule has 1 fully saturated rings. The van der Waals surface area contributed by atoms with Gasteiger partial charge < -0.3 is 20.1 Å². The number of halogens is 1.